The fourth-order valence-corrected chi connectivity index (χ4v) is 8.57. The van der Waals surface area contributed by atoms with Crippen LogP contribution in [-0.2, 0) is 37.4 Å². The molecule has 0 bridgehead atoms. The Labute approximate surface area is 351 Å². The van der Waals surface area contributed by atoms with E-state index in [-0.39, 0.29) is 37.6 Å². The number of nitrogens with one attached hydrogen (secondary N) is 1. The number of amides is 3. The van der Waals surface area contributed by atoms with Crippen molar-refractivity contribution in [2.75, 3.05) is 46.2 Å². The predicted octanol–water partition coefficient (Wildman–Crippen LogP) is 5.72. The monoisotopic (exact) mass is 874 g/mol. The second kappa shape index (κ2) is 25.0. The first kappa shape index (κ1) is 49.3. The van der Waals surface area contributed by atoms with Gasteiger partial charge in [-0.25, -0.2) is 22.9 Å². The maximum Gasteiger partial charge on any atom is 0.472 e. The quantitative estimate of drug-likeness (QED) is 0.0523. The van der Waals surface area contributed by atoms with E-state index in [1.807, 2.05) is 0 Å². The molecule has 0 aliphatic carbocycles. The van der Waals surface area contributed by atoms with Crippen molar-refractivity contribution >= 4 is 31.9 Å². The zero-order chi connectivity index (χ0) is 43.7. The minimum absolute atomic E-state index is 0.0334. The Balaban J connectivity index is 1.46. The van der Waals surface area contributed by atoms with Crippen LogP contribution in [-0.4, -0.2) is 120 Å². The first-order valence-electron chi connectivity index (χ1n) is 21.3. The number of aldehydes is 1. The molecule has 1 aromatic heterocycles. The van der Waals surface area contributed by atoms with Gasteiger partial charge in [0.25, 0.3) is 0 Å². The zero-order valence-corrected chi connectivity index (χ0v) is 36.1. The van der Waals surface area contributed by atoms with Gasteiger partial charge in [0.15, 0.2) is 24.8 Å². The molecule has 9 atom stereocenters. The lowest BCUT2D eigenvalue weighted by atomic mass is 9.94. The first-order chi connectivity index (χ1) is 28.8. The number of ether oxygens (including phenoxy) is 3. The third-order valence-electron chi connectivity index (χ3n) is 11.3. The molecule has 4 heterocycles. The third-order valence-corrected chi connectivity index (χ3v) is 12.3. The van der Waals surface area contributed by atoms with Gasteiger partial charge >= 0.3 is 19.5 Å². The van der Waals surface area contributed by atoms with E-state index in [4.69, 9.17) is 24.5 Å². The summed E-state index contributed by atoms with van der Waals surface area (Å²) >= 11 is 0. The number of carbonyl (C=O) groups excluding carboxylic acids is 3. The van der Waals surface area contributed by atoms with Gasteiger partial charge in [0, 0.05) is 64.2 Å². The molecule has 1 unspecified atom stereocenters. The molecule has 0 saturated carbocycles. The molecular weight excluding hydrogens is 809 g/mol. The molecule has 2 fully saturated rings. The van der Waals surface area contributed by atoms with Gasteiger partial charge < -0.3 is 35.1 Å². The molecule has 60 heavy (non-hydrogen) atoms. The van der Waals surface area contributed by atoms with Gasteiger partial charge in [-0.2, -0.15) is 4.98 Å². The van der Waals surface area contributed by atoms with Crippen molar-refractivity contribution in [1.82, 2.24) is 24.7 Å². The highest BCUT2D eigenvalue weighted by Crippen LogP contribution is 2.48. The molecule has 340 valence electrons. The average Bonchev–Trinajstić information content (AvgIpc) is 3.68. The Morgan fingerprint density at radius 3 is 2.15 bits per heavy atom. The summed E-state index contributed by atoms with van der Waals surface area (Å²) in [6.07, 6.45) is 8.01. The molecule has 17 nitrogen and oxygen atoms in total. The van der Waals surface area contributed by atoms with Gasteiger partial charge in [-0.1, -0.05) is 96.8 Å². The number of rotatable bonds is 28. The zero-order valence-electron chi connectivity index (χ0n) is 35.2. The van der Waals surface area contributed by atoms with Crippen molar-refractivity contribution in [3.05, 3.63) is 34.5 Å². The number of aromatic nitrogens is 2. The summed E-state index contributed by atoms with van der Waals surface area (Å²) in [5.41, 5.74) is 4.87. The first-order valence-corrected chi connectivity index (χ1v) is 22.8. The predicted molar refractivity (Wildman–Crippen MR) is 218 cm³/mol. The standard InChI is InChI=1S/C40H65F2N6O11P/c1-4-5-6-7-8-9-10-11-12-13-14-15-16-17-18-20-46(25-30-36(59-60(53,54)56-3)35(42)38(57-30)47-21-19-32(43)45-40(47)52)33(50)22-29-31(27-55-2)58-37(34(29)41)48-24-28(26-49)23-44-39(48)51/h19,21,24,26,29-31,34-38H,4-18,20,22-23,25,27H2,1-3H3,(H,44,51)(H,53,54)(H2,43,45,52)/t29-,30-,31-,34-,35-,36-,37-,38-/m1/s1. The van der Waals surface area contributed by atoms with Crippen LogP contribution < -0.4 is 16.7 Å². The lowest BCUT2D eigenvalue weighted by Crippen LogP contribution is -2.50. The highest BCUT2D eigenvalue weighted by atomic mass is 31.2. The molecule has 4 N–H and O–H groups in total. The molecule has 3 aliphatic rings. The van der Waals surface area contributed by atoms with E-state index < -0.39 is 80.9 Å². The number of phosphoric ester groups is 1. The maximum atomic E-state index is 16.4. The molecule has 3 amide bonds. The SMILES string of the molecule is CCCCCCCCCCCCCCCCCN(C[C@H]1O[C@@H](n2ccc(N)nc2=O)[C@H](F)[C@@H]1OP(=O)(O)OC)C(=O)C[C@H]1[C@@H](F)[C@H](N2C=C(C=O)CNC2=O)O[C@@H]1COC. The smallest absolute Gasteiger partial charge is 0.383 e. The number of hydrogen-bond acceptors (Lipinski definition) is 12. The number of unbranched alkanes of at least 4 members (excludes halogenated alkanes) is 14. The van der Waals surface area contributed by atoms with Gasteiger partial charge in [0.05, 0.1) is 12.7 Å². The Morgan fingerprint density at radius 1 is 0.983 bits per heavy atom. The second-order valence-electron chi connectivity index (χ2n) is 15.8. The van der Waals surface area contributed by atoms with Gasteiger partial charge in [0.1, 0.15) is 24.3 Å². The summed E-state index contributed by atoms with van der Waals surface area (Å²) in [7, 11) is -2.54. The number of anilines is 1. The van der Waals surface area contributed by atoms with Crippen molar-refractivity contribution in [3.8, 4) is 0 Å². The van der Waals surface area contributed by atoms with Crippen molar-refractivity contribution in [2.24, 2.45) is 5.92 Å². The van der Waals surface area contributed by atoms with Gasteiger partial charge in [-0.15, -0.1) is 0 Å². The fraction of sp³-hybridized carbons (Fsp3) is 0.775. The normalized spacial score (nSPS) is 26.5. The Kier molecular flexibility index (Phi) is 20.5. The van der Waals surface area contributed by atoms with E-state index in [0.29, 0.717) is 12.7 Å². The van der Waals surface area contributed by atoms with Crippen molar-refractivity contribution in [1.29, 1.82) is 0 Å². The number of phosphoric acid groups is 1. The van der Waals surface area contributed by atoms with E-state index in [9.17, 15) is 28.6 Å². The summed E-state index contributed by atoms with van der Waals surface area (Å²) in [6.45, 7) is 1.84. The van der Waals surface area contributed by atoms with Crippen LogP contribution in [0.5, 0.6) is 0 Å². The summed E-state index contributed by atoms with van der Waals surface area (Å²) < 4.78 is 73.0. The topological polar surface area (TPSA) is 214 Å². The number of methoxy groups -OCH3 is 1. The van der Waals surface area contributed by atoms with Crippen LogP contribution >= 0.6 is 7.82 Å². The Bertz CT molecular complexity index is 1660. The minimum atomic E-state index is -4.83. The lowest BCUT2D eigenvalue weighted by molar-refractivity contribution is -0.136. The molecule has 1 aromatic rings. The highest BCUT2D eigenvalue weighted by Gasteiger charge is 2.53. The number of urea groups is 1. The maximum absolute atomic E-state index is 16.4. The minimum Gasteiger partial charge on any atom is -0.383 e. The number of halogens is 2. The van der Waals surface area contributed by atoms with Crippen LogP contribution in [0.25, 0.3) is 0 Å². The van der Waals surface area contributed by atoms with Crippen LogP contribution in [0.3, 0.4) is 0 Å². The van der Waals surface area contributed by atoms with Crippen LogP contribution in [0.1, 0.15) is 116 Å². The molecule has 20 heteroatoms. The van der Waals surface area contributed by atoms with Gasteiger partial charge in [-0.05, 0) is 12.5 Å². The lowest BCUT2D eigenvalue weighted by Gasteiger charge is -2.31. The molecule has 0 aromatic carbocycles. The van der Waals surface area contributed by atoms with Gasteiger partial charge in [-0.3, -0.25) is 28.1 Å². The van der Waals surface area contributed by atoms with Crippen LogP contribution in [0.2, 0.25) is 0 Å². The largest absolute Gasteiger partial charge is 0.472 e. The van der Waals surface area contributed by atoms with Crippen LogP contribution in [0.15, 0.2) is 28.8 Å². The van der Waals surface area contributed by atoms with Crippen molar-refractivity contribution in [2.45, 2.75) is 153 Å². The highest BCUT2D eigenvalue weighted by molar-refractivity contribution is 7.47. The van der Waals surface area contributed by atoms with Crippen LogP contribution in [0.4, 0.5) is 19.4 Å². The van der Waals surface area contributed by atoms with E-state index in [1.54, 1.807) is 0 Å². The fourth-order valence-electron chi connectivity index (χ4n) is 7.92. The van der Waals surface area contributed by atoms with Crippen molar-refractivity contribution < 1.29 is 55.9 Å². The summed E-state index contributed by atoms with van der Waals surface area (Å²) in [4.78, 5) is 67.4. The molecule has 2 saturated heterocycles. The molecule has 0 radical (unpaired) electrons. The van der Waals surface area contributed by atoms with E-state index >= 15 is 8.78 Å². The number of alkyl halides is 2. The Morgan fingerprint density at radius 2 is 1.58 bits per heavy atom. The second-order valence-corrected chi connectivity index (χ2v) is 17.3. The van der Waals surface area contributed by atoms with Crippen LogP contribution in [0, 0.1) is 5.92 Å². The van der Waals surface area contributed by atoms with E-state index in [2.05, 4.69) is 21.7 Å². The van der Waals surface area contributed by atoms with Crippen molar-refractivity contribution in [3.63, 3.8) is 0 Å². The summed E-state index contributed by atoms with van der Waals surface area (Å²) in [5.74, 6) is -1.81. The molecule has 4 rings (SSSR count). The number of hydrogen-bond donors (Lipinski definition) is 3. The third kappa shape index (κ3) is 14.4. The Hall–Kier alpha value is -3.32. The van der Waals surface area contributed by atoms with E-state index in [1.165, 1.54) is 88.3 Å². The summed E-state index contributed by atoms with van der Waals surface area (Å²) in [5, 5.41) is 2.50. The number of nitrogens with zero attached hydrogens (tertiary/aromatic N) is 4. The van der Waals surface area contributed by atoms with E-state index in [0.717, 1.165) is 48.7 Å². The molecule has 0 spiro atoms. The molecule has 3 aliphatic heterocycles. The van der Waals surface area contributed by atoms with Gasteiger partial charge in [0.2, 0.25) is 5.91 Å². The number of carbonyl (C=O) groups is 3. The molecular formula is C40H65F2N6O11P. The summed E-state index contributed by atoms with van der Waals surface area (Å²) in [6, 6.07) is 0.571. The average molecular weight is 875 g/mol. The number of nitrogens with two attached hydrogens (primary N) is 1. The number of nitrogen functional groups attached to an aromatic ring is 1.